The molecule has 21 heavy (non-hydrogen) atoms. The van der Waals surface area contributed by atoms with Crippen molar-refractivity contribution in [1.29, 1.82) is 0 Å². The summed E-state index contributed by atoms with van der Waals surface area (Å²) in [4.78, 5) is 18.5. The van der Waals surface area contributed by atoms with Gasteiger partial charge in [-0.2, -0.15) is 0 Å². The second kappa shape index (κ2) is 6.06. The molecule has 3 rings (SSSR count). The van der Waals surface area contributed by atoms with Crippen LogP contribution in [0.3, 0.4) is 0 Å². The molecule has 0 radical (unpaired) electrons. The Hall–Kier alpha value is -2.20. The fourth-order valence-electron chi connectivity index (χ4n) is 2.49. The molecular formula is C17H18N2O2. The molecule has 0 saturated carbocycles. The average Bonchev–Trinajstić information content (AvgIpc) is 2.55. The Balaban J connectivity index is 1.87. The Bertz CT molecular complexity index is 649. The Morgan fingerprint density at radius 2 is 1.95 bits per heavy atom. The first-order valence-electron chi connectivity index (χ1n) is 7.13. The predicted molar refractivity (Wildman–Crippen MR) is 81.1 cm³/mol. The number of benzene rings is 1. The molecule has 1 aliphatic heterocycles. The maximum absolute atomic E-state index is 12.5. The van der Waals surface area contributed by atoms with Crippen LogP contribution in [-0.2, 0) is 4.74 Å². The number of carbonyl (C=O) groups is 1. The number of hydrogen-bond donors (Lipinski definition) is 0. The number of rotatable bonds is 2. The summed E-state index contributed by atoms with van der Waals surface area (Å²) in [5.41, 5.74) is 3.88. The number of ether oxygens (including phenoxy) is 1. The monoisotopic (exact) mass is 282 g/mol. The number of hydrogen-bond acceptors (Lipinski definition) is 3. The maximum Gasteiger partial charge on any atom is 0.255 e. The molecule has 2 heterocycles. The highest BCUT2D eigenvalue weighted by atomic mass is 16.5. The molecule has 1 amide bonds. The molecule has 4 heteroatoms. The second-order valence-electron chi connectivity index (χ2n) is 5.24. The van der Waals surface area contributed by atoms with Crippen molar-refractivity contribution >= 4 is 5.91 Å². The van der Waals surface area contributed by atoms with E-state index in [1.165, 1.54) is 5.56 Å². The molecule has 1 saturated heterocycles. The Morgan fingerprint density at radius 3 is 2.71 bits per heavy atom. The van der Waals surface area contributed by atoms with Gasteiger partial charge in [0.1, 0.15) is 0 Å². The lowest BCUT2D eigenvalue weighted by Gasteiger charge is -2.26. The van der Waals surface area contributed by atoms with Crippen molar-refractivity contribution in [3.05, 3.63) is 53.9 Å². The molecule has 1 fully saturated rings. The molecule has 0 unspecified atom stereocenters. The Morgan fingerprint density at radius 1 is 1.14 bits per heavy atom. The van der Waals surface area contributed by atoms with Crippen LogP contribution >= 0.6 is 0 Å². The molecule has 108 valence electrons. The molecule has 0 spiro atoms. The summed E-state index contributed by atoms with van der Waals surface area (Å²) in [6.07, 6.45) is 3.43. The number of pyridine rings is 1. The number of aryl methyl sites for hydroxylation is 1. The molecular weight excluding hydrogens is 264 g/mol. The van der Waals surface area contributed by atoms with E-state index in [4.69, 9.17) is 4.74 Å². The normalized spacial score (nSPS) is 15.0. The molecule has 0 atom stereocenters. The van der Waals surface area contributed by atoms with Crippen LogP contribution in [0.15, 0.2) is 42.7 Å². The zero-order chi connectivity index (χ0) is 14.7. The minimum absolute atomic E-state index is 0.0281. The van der Waals surface area contributed by atoms with Crippen molar-refractivity contribution in [2.45, 2.75) is 6.92 Å². The highest BCUT2D eigenvalue weighted by Gasteiger charge is 2.19. The fraction of sp³-hybridized carbons (Fsp3) is 0.294. The van der Waals surface area contributed by atoms with Crippen LogP contribution in [-0.4, -0.2) is 42.1 Å². The van der Waals surface area contributed by atoms with E-state index >= 15 is 0 Å². The summed E-state index contributed by atoms with van der Waals surface area (Å²) in [5.74, 6) is 0.0281. The van der Waals surface area contributed by atoms with E-state index in [0.29, 0.717) is 31.9 Å². The number of aromatic nitrogens is 1. The van der Waals surface area contributed by atoms with E-state index in [9.17, 15) is 4.79 Å². The maximum atomic E-state index is 12.5. The molecule has 1 aromatic carbocycles. The van der Waals surface area contributed by atoms with Crippen molar-refractivity contribution < 1.29 is 9.53 Å². The lowest BCUT2D eigenvalue weighted by molar-refractivity contribution is 0.0302. The van der Waals surface area contributed by atoms with Gasteiger partial charge in [0.25, 0.3) is 5.91 Å². The Kier molecular flexibility index (Phi) is 3.97. The van der Waals surface area contributed by atoms with Gasteiger partial charge in [-0.3, -0.25) is 9.78 Å². The third kappa shape index (κ3) is 3.11. The molecule has 0 N–H and O–H groups in total. The third-order valence-corrected chi connectivity index (χ3v) is 3.63. The zero-order valence-corrected chi connectivity index (χ0v) is 12.1. The van der Waals surface area contributed by atoms with Crippen LogP contribution in [0.2, 0.25) is 0 Å². The van der Waals surface area contributed by atoms with Gasteiger partial charge < -0.3 is 9.64 Å². The molecule has 1 aromatic heterocycles. The van der Waals surface area contributed by atoms with Crippen LogP contribution in [0.25, 0.3) is 11.1 Å². The SMILES string of the molecule is Cc1cccc(-c2cncc(C(=O)N3CCOCC3)c2)c1. The van der Waals surface area contributed by atoms with Gasteiger partial charge in [0, 0.05) is 31.0 Å². The van der Waals surface area contributed by atoms with E-state index < -0.39 is 0 Å². The topological polar surface area (TPSA) is 42.4 Å². The summed E-state index contributed by atoms with van der Waals surface area (Å²) in [7, 11) is 0. The smallest absolute Gasteiger partial charge is 0.255 e. The summed E-state index contributed by atoms with van der Waals surface area (Å²) < 4.78 is 5.28. The summed E-state index contributed by atoms with van der Waals surface area (Å²) in [5, 5.41) is 0. The van der Waals surface area contributed by atoms with Gasteiger partial charge in [-0.1, -0.05) is 29.8 Å². The molecule has 1 aliphatic rings. The first-order chi connectivity index (χ1) is 10.2. The summed E-state index contributed by atoms with van der Waals surface area (Å²) in [6.45, 7) is 4.56. The van der Waals surface area contributed by atoms with Gasteiger partial charge in [0.05, 0.1) is 18.8 Å². The van der Waals surface area contributed by atoms with Gasteiger partial charge in [-0.25, -0.2) is 0 Å². The lowest BCUT2D eigenvalue weighted by Crippen LogP contribution is -2.40. The van der Waals surface area contributed by atoms with Crippen LogP contribution in [0, 0.1) is 6.92 Å². The van der Waals surface area contributed by atoms with Gasteiger partial charge in [-0.15, -0.1) is 0 Å². The largest absolute Gasteiger partial charge is 0.378 e. The molecule has 0 aliphatic carbocycles. The fourth-order valence-corrected chi connectivity index (χ4v) is 2.49. The van der Waals surface area contributed by atoms with E-state index in [1.807, 2.05) is 23.1 Å². The first kappa shape index (κ1) is 13.8. The average molecular weight is 282 g/mol. The summed E-state index contributed by atoms with van der Waals surface area (Å²) in [6, 6.07) is 10.1. The second-order valence-corrected chi connectivity index (χ2v) is 5.24. The van der Waals surface area contributed by atoms with E-state index in [0.717, 1.165) is 11.1 Å². The summed E-state index contributed by atoms with van der Waals surface area (Å²) >= 11 is 0. The van der Waals surface area contributed by atoms with E-state index in [-0.39, 0.29) is 5.91 Å². The quantitative estimate of drug-likeness (QED) is 0.850. The van der Waals surface area contributed by atoms with Crippen molar-refractivity contribution in [3.8, 4) is 11.1 Å². The van der Waals surface area contributed by atoms with Gasteiger partial charge in [0.2, 0.25) is 0 Å². The standard InChI is InChI=1S/C17H18N2O2/c1-13-3-2-4-14(9-13)15-10-16(12-18-11-15)17(20)19-5-7-21-8-6-19/h2-4,9-12H,5-8H2,1H3. The van der Waals surface area contributed by atoms with Crippen molar-refractivity contribution in [2.75, 3.05) is 26.3 Å². The van der Waals surface area contributed by atoms with Gasteiger partial charge >= 0.3 is 0 Å². The van der Waals surface area contributed by atoms with Gasteiger partial charge in [0.15, 0.2) is 0 Å². The van der Waals surface area contributed by atoms with Crippen LogP contribution in [0.5, 0.6) is 0 Å². The van der Waals surface area contributed by atoms with E-state index in [2.05, 4.69) is 24.0 Å². The number of amides is 1. The van der Waals surface area contributed by atoms with Gasteiger partial charge in [-0.05, 0) is 18.6 Å². The highest BCUT2D eigenvalue weighted by molar-refractivity contribution is 5.95. The third-order valence-electron chi connectivity index (χ3n) is 3.63. The Labute approximate surface area is 124 Å². The number of morpholine rings is 1. The van der Waals surface area contributed by atoms with Crippen molar-refractivity contribution in [1.82, 2.24) is 9.88 Å². The lowest BCUT2D eigenvalue weighted by atomic mass is 10.0. The van der Waals surface area contributed by atoms with Crippen LogP contribution < -0.4 is 0 Å². The van der Waals surface area contributed by atoms with Crippen LogP contribution in [0.1, 0.15) is 15.9 Å². The minimum Gasteiger partial charge on any atom is -0.378 e. The number of nitrogens with zero attached hydrogens (tertiary/aromatic N) is 2. The van der Waals surface area contributed by atoms with E-state index in [1.54, 1.807) is 12.4 Å². The van der Waals surface area contributed by atoms with Crippen molar-refractivity contribution in [2.24, 2.45) is 0 Å². The zero-order valence-electron chi connectivity index (χ0n) is 12.1. The molecule has 0 bridgehead atoms. The van der Waals surface area contributed by atoms with Crippen molar-refractivity contribution in [3.63, 3.8) is 0 Å². The minimum atomic E-state index is 0.0281. The van der Waals surface area contributed by atoms with Crippen LogP contribution in [0.4, 0.5) is 0 Å². The molecule has 2 aromatic rings. The number of carbonyl (C=O) groups excluding carboxylic acids is 1. The highest BCUT2D eigenvalue weighted by Crippen LogP contribution is 2.21. The first-order valence-corrected chi connectivity index (χ1v) is 7.13. The predicted octanol–water partition coefficient (Wildman–Crippen LogP) is 2.53. The molecule has 4 nitrogen and oxygen atoms in total.